The molecule has 0 saturated carbocycles. The maximum absolute atomic E-state index is 11.2. The highest BCUT2D eigenvalue weighted by Gasteiger charge is 1.95. The van der Waals surface area contributed by atoms with Crippen LogP contribution in [0.1, 0.15) is 12.5 Å². The molecule has 15 heavy (non-hydrogen) atoms. The second kappa shape index (κ2) is 5.79. The summed E-state index contributed by atoms with van der Waals surface area (Å²) in [5.74, 6) is 5.87. The van der Waals surface area contributed by atoms with Crippen LogP contribution >= 0.6 is 27.7 Å². The fourth-order valence-electron chi connectivity index (χ4n) is 0.819. The molecule has 0 atom stereocenters. The lowest BCUT2D eigenvalue weighted by atomic mass is 10.3. The van der Waals surface area contributed by atoms with Gasteiger partial charge >= 0.3 is 0 Å². The molecule has 0 aliphatic rings. The predicted octanol–water partition coefficient (Wildman–Crippen LogP) is 1.77. The van der Waals surface area contributed by atoms with E-state index in [1.54, 1.807) is 12.3 Å². The Kier molecular flexibility index (Phi) is 4.66. The molecule has 0 bridgehead atoms. The maximum atomic E-state index is 11.2. The lowest BCUT2D eigenvalue weighted by Gasteiger charge is -1.90. The normalized spacial score (nSPS) is 9.20. The van der Waals surface area contributed by atoms with Crippen LogP contribution in [0.5, 0.6) is 0 Å². The number of thioether (sulfide) groups is 1. The molecule has 5 heteroatoms. The third-order valence-electron chi connectivity index (χ3n) is 1.44. The standard InChI is InChI=1S/C10H8BrNO2S/c1-7(13)15-4-2-3-8-5-9(11)6-12-10(8)14/h5-6H,4H2,1H3,(H,12,14). The van der Waals surface area contributed by atoms with Crippen LogP contribution in [0.15, 0.2) is 21.5 Å². The molecule has 78 valence electrons. The molecule has 0 spiro atoms. The van der Waals surface area contributed by atoms with Gasteiger partial charge in [0, 0.05) is 17.6 Å². The van der Waals surface area contributed by atoms with Crippen molar-refractivity contribution in [1.29, 1.82) is 0 Å². The van der Waals surface area contributed by atoms with E-state index in [0.717, 1.165) is 16.2 Å². The number of carbonyl (C=O) groups excluding carboxylic acids is 1. The zero-order chi connectivity index (χ0) is 11.3. The molecule has 0 unspecified atom stereocenters. The number of H-pyrrole nitrogens is 1. The Balaban J connectivity index is 2.75. The summed E-state index contributed by atoms with van der Waals surface area (Å²) in [6.45, 7) is 1.48. The minimum Gasteiger partial charge on any atom is -0.327 e. The molecule has 0 radical (unpaired) electrons. The first-order chi connectivity index (χ1) is 7.09. The second-order valence-electron chi connectivity index (χ2n) is 2.64. The Morgan fingerprint density at radius 1 is 1.67 bits per heavy atom. The van der Waals surface area contributed by atoms with Crippen LogP contribution in [-0.4, -0.2) is 15.9 Å². The van der Waals surface area contributed by atoms with E-state index in [-0.39, 0.29) is 10.7 Å². The molecule has 0 saturated heterocycles. The molecule has 1 heterocycles. The third kappa shape index (κ3) is 4.36. The van der Waals surface area contributed by atoms with Crippen molar-refractivity contribution in [2.24, 2.45) is 0 Å². The molecule has 0 aliphatic heterocycles. The molecule has 3 nitrogen and oxygen atoms in total. The number of aromatic nitrogens is 1. The number of halogens is 1. The topological polar surface area (TPSA) is 49.9 Å². The smallest absolute Gasteiger partial charge is 0.263 e. The fourth-order valence-corrected chi connectivity index (χ4v) is 1.51. The van der Waals surface area contributed by atoms with E-state index >= 15 is 0 Å². The summed E-state index contributed by atoms with van der Waals surface area (Å²) in [7, 11) is 0. The van der Waals surface area contributed by atoms with E-state index in [2.05, 4.69) is 32.8 Å². The van der Waals surface area contributed by atoms with Gasteiger partial charge in [-0.25, -0.2) is 0 Å². The van der Waals surface area contributed by atoms with E-state index in [1.165, 1.54) is 6.92 Å². The van der Waals surface area contributed by atoms with E-state index < -0.39 is 0 Å². The van der Waals surface area contributed by atoms with E-state index in [4.69, 9.17) is 0 Å². The number of carbonyl (C=O) groups is 1. The number of aromatic amines is 1. The first-order valence-electron chi connectivity index (χ1n) is 4.10. The van der Waals surface area contributed by atoms with Gasteiger partial charge in [0.05, 0.1) is 11.3 Å². The van der Waals surface area contributed by atoms with Gasteiger partial charge in [0.15, 0.2) is 5.12 Å². The molecular weight excluding hydrogens is 278 g/mol. The lowest BCUT2D eigenvalue weighted by molar-refractivity contribution is -0.109. The first-order valence-corrected chi connectivity index (χ1v) is 5.88. The van der Waals surface area contributed by atoms with Gasteiger partial charge in [-0.3, -0.25) is 9.59 Å². The van der Waals surface area contributed by atoms with Gasteiger partial charge in [0.2, 0.25) is 0 Å². The van der Waals surface area contributed by atoms with Gasteiger partial charge in [-0.1, -0.05) is 23.6 Å². The van der Waals surface area contributed by atoms with Crippen LogP contribution in [0.3, 0.4) is 0 Å². The molecule has 0 amide bonds. The van der Waals surface area contributed by atoms with Crippen molar-refractivity contribution < 1.29 is 4.79 Å². The second-order valence-corrected chi connectivity index (χ2v) is 4.71. The van der Waals surface area contributed by atoms with Gasteiger partial charge in [0.25, 0.3) is 5.56 Å². The molecule has 0 fully saturated rings. The number of pyridine rings is 1. The Morgan fingerprint density at radius 2 is 2.40 bits per heavy atom. The van der Waals surface area contributed by atoms with Crippen molar-refractivity contribution in [3.8, 4) is 11.8 Å². The molecule has 1 aromatic rings. The molecule has 1 rings (SSSR count). The van der Waals surface area contributed by atoms with E-state index in [1.807, 2.05) is 0 Å². The molecule has 1 aromatic heterocycles. The zero-order valence-electron chi connectivity index (χ0n) is 7.96. The lowest BCUT2D eigenvalue weighted by Crippen LogP contribution is -2.08. The van der Waals surface area contributed by atoms with Crippen LogP contribution in [-0.2, 0) is 4.79 Å². The Labute approximate surface area is 99.8 Å². The summed E-state index contributed by atoms with van der Waals surface area (Å²) in [5.41, 5.74) is 0.173. The van der Waals surface area contributed by atoms with E-state index in [9.17, 15) is 9.59 Å². The van der Waals surface area contributed by atoms with Crippen LogP contribution in [0, 0.1) is 11.8 Å². The quantitative estimate of drug-likeness (QED) is 0.800. The zero-order valence-corrected chi connectivity index (χ0v) is 10.4. The molecular formula is C10H8BrNO2S. The largest absolute Gasteiger partial charge is 0.327 e. The third-order valence-corrected chi connectivity index (χ3v) is 2.59. The maximum Gasteiger partial charge on any atom is 0.263 e. The first kappa shape index (κ1) is 12.1. The minimum atomic E-state index is -0.224. The van der Waals surface area contributed by atoms with Crippen LogP contribution in [0.4, 0.5) is 0 Å². The summed E-state index contributed by atoms with van der Waals surface area (Å²) in [5, 5.41) is 0.0208. The van der Waals surface area contributed by atoms with Crippen molar-refractivity contribution in [2.75, 3.05) is 5.75 Å². The fraction of sp³-hybridized carbons (Fsp3) is 0.200. The Bertz CT molecular complexity index is 484. The number of nitrogens with one attached hydrogen (secondary N) is 1. The SMILES string of the molecule is CC(=O)SCC#Cc1cc(Br)c[nH]c1=O. The molecule has 0 aromatic carbocycles. The molecule has 0 aliphatic carbocycles. The average Bonchev–Trinajstić information content (AvgIpc) is 2.17. The van der Waals surface area contributed by atoms with E-state index in [0.29, 0.717) is 11.3 Å². The van der Waals surface area contributed by atoms with Crippen molar-refractivity contribution in [2.45, 2.75) is 6.92 Å². The van der Waals surface area contributed by atoms with Crippen LogP contribution in [0.25, 0.3) is 0 Å². The summed E-state index contributed by atoms with van der Waals surface area (Å²) in [4.78, 5) is 24.4. The monoisotopic (exact) mass is 285 g/mol. The predicted molar refractivity (Wildman–Crippen MR) is 64.8 cm³/mol. The van der Waals surface area contributed by atoms with Gasteiger partial charge in [0.1, 0.15) is 0 Å². The van der Waals surface area contributed by atoms with Crippen LogP contribution in [0.2, 0.25) is 0 Å². The summed E-state index contributed by atoms with van der Waals surface area (Å²) >= 11 is 4.36. The average molecular weight is 286 g/mol. The van der Waals surface area contributed by atoms with Crippen LogP contribution < -0.4 is 5.56 Å². The highest BCUT2D eigenvalue weighted by Crippen LogP contribution is 2.05. The number of rotatable bonds is 1. The Hall–Kier alpha value is -0.990. The summed E-state index contributed by atoms with van der Waals surface area (Å²) in [6.07, 6.45) is 1.55. The summed E-state index contributed by atoms with van der Waals surface area (Å²) < 4.78 is 0.769. The number of hydrogen-bond acceptors (Lipinski definition) is 3. The van der Waals surface area contributed by atoms with Crippen molar-refractivity contribution in [3.05, 3.63) is 32.7 Å². The van der Waals surface area contributed by atoms with Crippen molar-refractivity contribution in [3.63, 3.8) is 0 Å². The molecule has 1 N–H and O–H groups in total. The highest BCUT2D eigenvalue weighted by atomic mass is 79.9. The number of hydrogen-bond donors (Lipinski definition) is 1. The van der Waals surface area contributed by atoms with Crippen molar-refractivity contribution in [1.82, 2.24) is 4.98 Å². The van der Waals surface area contributed by atoms with Gasteiger partial charge in [-0.05, 0) is 22.0 Å². The minimum absolute atomic E-state index is 0.0208. The summed E-state index contributed by atoms with van der Waals surface area (Å²) in [6, 6.07) is 1.64. The highest BCUT2D eigenvalue weighted by molar-refractivity contribution is 9.10. The Morgan fingerprint density at radius 3 is 3.07 bits per heavy atom. The van der Waals surface area contributed by atoms with Crippen molar-refractivity contribution >= 4 is 32.8 Å². The van der Waals surface area contributed by atoms with Gasteiger partial charge in [-0.2, -0.15) is 0 Å². The van der Waals surface area contributed by atoms with Gasteiger partial charge in [-0.15, -0.1) is 0 Å². The van der Waals surface area contributed by atoms with Gasteiger partial charge < -0.3 is 4.98 Å².